The number of hydrogen-bond acceptors (Lipinski definition) is 4. The van der Waals surface area contributed by atoms with E-state index >= 15 is 0 Å². The fourth-order valence-corrected chi connectivity index (χ4v) is 2.58. The number of nitrogen functional groups attached to an aromatic ring is 1. The minimum absolute atomic E-state index is 0.111. The van der Waals surface area contributed by atoms with Crippen LogP contribution in [0.4, 0.5) is 5.69 Å². The maximum absolute atomic E-state index is 11.8. The van der Waals surface area contributed by atoms with Gasteiger partial charge in [-0.3, -0.25) is 0 Å². The average Bonchev–Trinajstić information content (AvgIpc) is 2.26. The quantitative estimate of drug-likeness (QED) is 0.650. The molecule has 90 valence electrons. The van der Waals surface area contributed by atoms with E-state index < -0.39 is 16.1 Å². The third kappa shape index (κ3) is 3.19. The van der Waals surface area contributed by atoms with Crippen LogP contribution < -0.4 is 10.5 Å². The van der Waals surface area contributed by atoms with Crippen molar-refractivity contribution in [1.82, 2.24) is 4.72 Å². The van der Waals surface area contributed by atoms with Crippen LogP contribution >= 0.6 is 0 Å². The van der Waals surface area contributed by atoms with Gasteiger partial charge in [0.25, 0.3) is 0 Å². The van der Waals surface area contributed by atoms with E-state index in [0.29, 0.717) is 12.1 Å². The monoisotopic (exact) mass is 244 g/mol. The van der Waals surface area contributed by atoms with Crippen molar-refractivity contribution >= 4 is 15.7 Å². The summed E-state index contributed by atoms with van der Waals surface area (Å²) in [6.45, 7) is 1.57. The molecule has 1 aromatic carbocycles. The van der Waals surface area contributed by atoms with Gasteiger partial charge in [0.1, 0.15) is 0 Å². The van der Waals surface area contributed by atoms with Gasteiger partial charge in [0.2, 0.25) is 10.0 Å². The number of anilines is 1. The first-order valence-corrected chi connectivity index (χ1v) is 6.46. The molecule has 0 aliphatic heterocycles. The van der Waals surface area contributed by atoms with Gasteiger partial charge in [-0.05, 0) is 24.6 Å². The highest BCUT2D eigenvalue weighted by atomic mass is 32.2. The Morgan fingerprint density at radius 3 is 2.69 bits per heavy atom. The summed E-state index contributed by atoms with van der Waals surface area (Å²) < 4.78 is 26.1. The predicted molar refractivity (Wildman–Crippen MR) is 62.3 cm³/mol. The molecule has 0 saturated carbocycles. The molecule has 1 atom stereocenters. The topological polar surface area (TPSA) is 92.4 Å². The molecule has 0 bridgehead atoms. The standard InChI is InChI=1S/C10H16N2O3S/c1-2-9(7-13)12-16(14,15)10-5-3-4-8(11)6-10/h3-6,9,12-13H,2,7,11H2,1H3/t9-/m1/s1. The van der Waals surface area contributed by atoms with Crippen molar-refractivity contribution in [2.45, 2.75) is 24.3 Å². The summed E-state index contributed by atoms with van der Waals surface area (Å²) in [6, 6.07) is 5.56. The van der Waals surface area contributed by atoms with Gasteiger partial charge >= 0.3 is 0 Å². The van der Waals surface area contributed by atoms with Gasteiger partial charge in [0, 0.05) is 11.7 Å². The normalized spacial score (nSPS) is 13.6. The molecule has 1 aromatic rings. The smallest absolute Gasteiger partial charge is 0.240 e. The number of nitrogens with one attached hydrogen (secondary N) is 1. The summed E-state index contributed by atoms with van der Waals surface area (Å²) in [5.41, 5.74) is 5.90. The van der Waals surface area contributed by atoms with Crippen molar-refractivity contribution in [3.8, 4) is 0 Å². The fourth-order valence-electron chi connectivity index (χ4n) is 1.22. The lowest BCUT2D eigenvalue weighted by Crippen LogP contribution is -2.36. The lowest BCUT2D eigenvalue weighted by Gasteiger charge is -2.14. The van der Waals surface area contributed by atoms with Crippen molar-refractivity contribution in [2.24, 2.45) is 0 Å². The van der Waals surface area contributed by atoms with Crippen molar-refractivity contribution in [3.63, 3.8) is 0 Å². The first-order chi connectivity index (χ1) is 7.49. The Morgan fingerprint density at radius 1 is 1.50 bits per heavy atom. The molecule has 0 heterocycles. The van der Waals surface area contributed by atoms with Crippen molar-refractivity contribution in [2.75, 3.05) is 12.3 Å². The number of hydrogen-bond donors (Lipinski definition) is 3. The molecule has 0 aromatic heterocycles. The van der Waals surface area contributed by atoms with Gasteiger partial charge in [-0.2, -0.15) is 0 Å². The first kappa shape index (κ1) is 13.0. The van der Waals surface area contributed by atoms with Crippen molar-refractivity contribution < 1.29 is 13.5 Å². The Hall–Kier alpha value is -1.11. The summed E-state index contributed by atoms with van der Waals surface area (Å²) >= 11 is 0. The molecule has 1 rings (SSSR count). The highest BCUT2D eigenvalue weighted by Gasteiger charge is 2.18. The Kier molecular flexibility index (Phi) is 4.28. The van der Waals surface area contributed by atoms with Gasteiger partial charge in [0.15, 0.2) is 0 Å². The third-order valence-corrected chi connectivity index (χ3v) is 3.72. The molecule has 0 radical (unpaired) electrons. The van der Waals surface area contributed by atoms with Crippen LogP contribution in [-0.2, 0) is 10.0 Å². The first-order valence-electron chi connectivity index (χ1n) is 4.98. The second-order valence-electron chi connectivity index (χ2n) is 3.48. The van der Waals surface area contributed by atoms with E-state index in [9.17, 15) is 8.42 Å². The SMILES string of the molecule is CC[C@H](CO)NS(=O)(=O)c1cccc(N)c1. The van der Waals surface area contributed by atoms with E-state index in [4.69, 9.17) is 10.8 Å². The lowest BCUT2D eigenvalue weighted by atomic mass is 10.3. The number of aliphatic hydroxyl groups excluding tert-OH is 1. The summed E-state index contributed by atoms with van der Waals surface area (Å²) in [5.74, 6) is 0. The van der Waals surface area contributed by atoms with E-state index in [2.05, 4.69) is 4.72 Å². The van der Waals surface area contributed by atoms with E-state index in [1.165, 1.54) is 12.1 Å². The van der Waals surface area contributed by atoms with Crippen LogP contribution in [0, 0.1) is 0 Å². The van der Waals surface area contributed by atoms with Crippen LogP contribution in [0.5, 0.6) is 0 Å². The molecule has 0 spiro atoms. The zero-order valence-electron chi connectivity index (χ0n) is 9.05. The molecular weight excluding hydrogens is 228 g/mol. The molecule has 0 aliphatic carbocycles. The van der Waals surface area contributed by atoms with Gasteiger partial charge < -0.3 is 10.8 Å². The van der Waals surface area contributed by atoms with Crippen molar-refractivity contribution in [1.29, 1.82) is 0 Å². The molecule has 5 nitrogen and oxygen atoms in total. The van der Waals surface area contributed by atoms with E-state index in [-0.39, 0.29) is 11.5 Å². The second-order valence-corrected chi connectivity index (χ2v) is 5.20. The van der Waals surface area contributed by atoms with Crippen LogP contribution in [0.1, 0.15) is 13.3 Å². The van der Waals surface area contributed by atoms with E-state index in [0.717, 1.165) is 0 Å². The minimum atomic E-state index is -3.60. The lowest BCUT2D eigenvalue weighted by molar-refractivity contribution is 0.254. The largest absolute Gasteiger partial charge is 0.399 e. The zero-order valence-corrected chi connectivity index (χ0v) is 9.87. The van der Waals surface area contributed by atoms with Crippen LogP contribution in [-0.4, -0.2) is 26.2 Å². The molecule has 0 aliphatic rings. The molecular formula is C10H16N2O3S. The molecule has 16 heavy (non-hydrogen) atoms. The van der Waals surface area contributed by atoms with Crippen LogP contribution in [0.3, 0.4) is 0 Å². The number of nitrogens with two attached hydrogens (primary N) is 1. The maximum atomic E-state index is 11.8. The minimum Gasteiger partial charge on any atom is -0.399 e. The average molecular weight is 244 g/mol. The highest BCUT2D eigenvalue weighted by molar-refractivity contribution is 7.89. The van der Waals surface area contributed by atoms with Gasteiger partial charge in [-0.15, -0.1) is 0 Å². The zero-order chi connectivity index (χ0) is 12.2. The molecule has 0 fully saturated rings. The molecule has 0 saturated heterocycles. The number of rotatable bonds is 5. The molecule has 0 amide bonds. The number of sulfonamides is 1. The Labute approximate surface area is 95.3 Å². The Morgan fingerprint density at radius 2 is 2.19 bits per heavy atom. The van der Waals surface area contributed by atoms with E-state index in [1.807, 2.05) is 0 Å². The fraction of sp³-hybridized carbons (Fsp3) is 0.400. The summed E-state index contributed by atoms with van der Waals surface area (Å²) in [6.07, 6.45) is 0.526. The van der Waals surface area contributed by atoms with Crippen LogP contribution in [0.2, 0.25) is 0 Å². The van der Waals surface area contributed by atoms with Crippen LogP contribution in [0.25, 0.3) is 0 Å². The highest BCUT2D eigenvalue weighted by Crippen LogP contribution is 2.13. The maximum Gasteiger partial charge on any atom is 0.240 e. The van der Waals surface area contributed by atoms with Gasteiger partial charge in [0.05, 0.1) is 11.5 Å². The van der Waals surface area contributed by atoms with Gasteiger partial charge in [-0.25, -0.2) is 13.1 Å². The van der Waals surface area contributed by atoms with Gasteiger partial charge in [-0.1, -0.05) is 13.0 Å². The Bertz CT molecular complexity index is 441. The van der Waals surface area contributed by atoms with Crippen LogP contribution in [0.15, 0.2) is 29.2 Å². The summed E-state index contributed by atoms with van der Waals surface area (Å²) in [5, 5.41) is 8.94. The summed E-state index contributed by atoms with van der Waals surface area (Å²) in [4.78, 5) is 0.111. The number of benzene rings is 1. The summed E-state index contributed by atoms with van der Waals surface area (Å²) in [7, 11) is -3.60. The Balaban J connectivity index is 2.94. The number of aliphatic hydroxyl groups is 1. The predicted octanol–water partition coefficient (Wildman–Crippen LogP) is 0.318. The molecule has 6 heteroatoms. The molecule has 4 N–H and O–H groups in total. The molecule has 0 unspecified atom stereocenters. The third-order valence-electron chi connectivity index (χ3n) is 2.20. The van der Waals surface area contributed by atoms with E-state index in [1.54, 1.807) is 19.1 Å². The van der Waals surface area contributed by atoms with Crippen molar-refractivity contribution in [3.05, 3.63) is 24.3 Å². The second kappa shape index (κ2) is 5.29.